The van der Waals surface area contributed by atoms with Crippen LogP contribution in [0.3, 0.4) is 0 Å². The number of benzene rings is 4. The molecule has 4 aliphatic carbocycles. The Balaban J connectivity index is 1.10. The third-order valence-electron chi connectivity index (χ3n) is 13.0. The molecule has 0 heteroatoms. The van der Waals surface area contributed by atoms with E-state index in [-0.39, 0.29) is 0 Å². The highest BCUT2D eigenvalue weighted by molar-refractivity contribution is 5.84. The lowest BCUT2D eigenvalue weighted by molar-refractivity contribution is 0.602. The molecule has 4 saturated carbocycles. The van der Waals surface area contributed by atoms with E-state index in [9.17, 15) is 0 Å². The van der Waals surface area contributed by atoms with Gasteiger partial charge in [0.15, 0.2) is 0 Å². The highest BCUT2D eigenvalue weighted by Gasteiger charge is 2.11. The maximum Gasteiger partial charge on any atom is -0.0111 e. The summed E-state index contributed by atoms with van der Waals surface area (Å²) in [6.07, 6.45) is 45.0. The van der Waals surface area contributed by atoms with Crippen LogP contribution in [0.4, 0.5) is 0 Å². The van der Waals surface area contributed by atoms with Crippen molar-refractivity contribution >= 4 is 35.5 Å². The molecule has 4 fully saturated rings. The zero-order valence-corrected chi connectivity index (χ0v) is 35.0. The van der Waals surface area contributed by atoms with Crippen LogP contribution in [0, 0.1) is 0 Å². The average Bonchev–Trinajstić information content (AvgIpc) is 3.28. The molecular formula is C58H64. The Hall–Kier alpha value is -4.94. The zero-order chi connectivity index (χ0) is 39.2. The summed E-state index contributed by atoms with van der Waals surface area (Å²) in [4.78, 5) is 0. The van der Waals surface area contributed by atoms with Crippen LogP contribution in [0.2, 0.25) is 0 Å². The Morgan fingerprint density at radius 1 is 0.259 bits per heavy atom. The second-order valence-corrected chi connectivity index (χ2v) is 17.5. The van der Waals surface area contributed by atoms with Gasteiger partial charge in [-0.1, -0.05) is 194 Å². The number of allylic oxidation sites excluding steroid dienone is 8. The van der Waals surface area contributed by atoms with Gasteiger partial charge in [0, 0.05) is 0 Å². The summed E-state index contributed by atoms with van der Waals surface area (Å²) in [6.45, 7) is 0. The van der Waals surface area contributed by atoms with E-state index < -0.39 is 0 Å². The molecule has 0 unspecified atom stereocenters. The van der Waals surface area contributed by atoms with Crippen LogP contribution >= 0.6 is 0 Å². The molecule has 0 heterocycles. The van der Waals surface area contributed by atoms with Crippen molar-refractivity contribution in [1.82, 2.24) is 0 Å². The standard InChI is InChI=1S/C58H64/c1-5-15-45(16-6-1)41-49-25-33-53(34-26-49)57(54-35-27-50(28-36-54)42-46-17-7-2-8-18-46)23-13-14-24-58(55-37-29-51(30-38-55)43-47-19-9-3-10-20-47)56-39-31-52(32-40-56)44-48-21-11-4-12-22-48/h13-14,23-44H,1-12,15-22H2. The van der Waals surface area contributed by atoms with Crippen molar-refractivity contribution in [1.29, 1.82) is 0 Å². The van der Waals surface area contributed by atoms with Crippen LogP contribution in [-0.2, 0) is 0 Å². The van der Waals surface area contributed by atoms with Gasteiger partial charge in [0.1, 0.15) is 0 Å². The van der Waals surface area contributed by atoms with E-state index in [4.69, 9.17) is 0 Å². The largest absolute Gasteiger partial charge is 0.0696 e. The summed E-state index contributed by atoms with van der Waals surface area (Å²) in [5.74, 6) is 0. The molecule has 0 amide bonds. The molecule has 4 aromatic rings. The molecule has 0 N–H and O–H groups in total. The molecule has 0 saturated heterocycles. The van der Waals surface area contributed by atoms with Crippen molar-refractivity contribution < 1.29 is 0 Å². The lowest BCUT2D eigenvalue weighted by Gasteiger charge is -2.14. The third kappa shape index (κ3) is 11.4. The van der Waals surface area contributed by atoms with Crippen molar-refractivity contribution in [3.05, 3.63) is 188 Å². The van der Waals surface area contributed by atoms with E-state index in [0.717, 1.165) is 0 Å². The van der Waals surface area contributed by atoms with Crippen molar-refractivity contribution in [3.63, 3.8) is 0 Å². The Morgan fingerprint density at radius 3 is 0.672 bits per heavy atom. The fraction of sp³-hybridized carbons (Fsp3) is 0.345. The van der Waals surface area contributed by atoms with Crippen LogP contribution in [-0.4, -0.2) is 0 Å². The smallest absolute Gasteiger partial charge is 0.0111 e. The normalized spacial score (nSPS) is 17.4. The summed E-state index contributed by atoms with van der Waals surface area (Å²) < 4.78 is 0. The van der Waals surface area contributed by atoms with Gasteiger partial charge in [0.05, 0.1) is 0 Å². The summed E-state index contributed by atoms with van der Waals surface area (Å²) in [6, 6.07) is 37.1. The predicted molar refractivity (Wildman–Crippen MR) is 253 cm³/mol. The van der Waals surface area contributed by atoms with Gasteiger partial charge in [-0.25, -0.2) is 0 Å². The first-order chi connectivity index (χ1) is 28.7. The molecule has 0 nitrogen and oxygen atoms in total. The Morgan fingerprint density at radius 2 is 0.466 bits per heavy atom. The average molecular weight is 761 g/mol. The predicted octanol–water partition coefficient (Wildman–Crippen LogP) is 17.2. The Labute approximate surface area is 350 Å². The Bertz CT molecular complexity index is 1830. The minimum Gasteiger partial charge on any atom is -0.0696 e. The van der Waals surface area contributed by atoms with E-state index in [1.54, 1.807) is 22.3 Å². The van der Waals surface area contributed by atoms with Crippen LogP contribution < -0.4 is 0 Å². The number of rotatable bonds is 10. The lowest BCUT2D eigenvalue weighted by atomic mass is 9.91. The molecule has 58 heavy (non-hydrogen) atoms. The summed E-state index contributed by atoms with van der Waals surface area (Å²) in [5, 5.41) is 0. The van der Waals surface area contributed by atoms with E-state index in [1.165, 1.54) is 184 Å². The molecule has 0 aromatic heterocycles. The molecule has 0 radical (unpaired) electrons. The minimum absolute atomic E-state index is 1.25. The van der Waals surface area contributed by atoms with E-state index in [1.807, 2.05) is 0 Å². The second kappa shape index (κ2) is 20.7. The summed E-state index contributed by atoms with van der Waals surface area (Å²) in [5.41, 5.74) is 19.2. The molecule has 0 atom stereocenters. The first-order valence-corrected chi connectivity index (χ1v) is 23.0. The molecular weight excluding hydrogens is 697 g/mol. The maximum absolute atomic E-state index is 2.44. The first-order valence-electron chi connectivity index (χ1n) is 23.0. The van der Waals surface area contributed by atoms with Gasteiger partial charge >= 0.3 is 0 Å². The molecule has 4 aromatic carbocycles. The first kappa shape index (κ1) is 39.9. The second-order valence-electron chi connectivity index (χ2n) is 17.5. The fourth-order valence-electron chi connectivity index (χ4n) is 9.60. The SMILES string of the molecule is C(=CC=C(c1ccc(C=C2CCCCC2)cc1)c1ccc(C=C2CCCCC2)cc1)C=C(c1ccc(C=C2CCCCC2)cc1)c1ccc(C=C2CCCCC2)cc1. The fourth-order valence-corrected chi connectivity index (χ4v) is 9.60. The minimum atomic E-state index is 1.25. The van der Waals surface area contributed by atoms with Crippen LogP contribution in [0.25, 0.3) is 35.5 Å². The van der Waals surface area contributed by atoms with Crippen LogP contribution in [0.15, 0.2) is 144 Å². The van der Waals surface area contributed by atoms with Gasteiger partial charge in [-0.2, -0.15) is 0 Å². The number of hydrogen-bond acceptors (Lipinski definition) is 0. The molecule has 4 aliphatic rings. The number of hydrogen-bond donors (Lipinski definition) is 0. The van der Waals surface area contributed by atoms with Crippen molar-refractivity contribution in [2.75, 3.05) is 0 Å². The van der Waals surface area contributed by atoms with Gasteiger partial charge in [0.2, 0.25) is 0 Å². The summed E-state index contributed by atoms with van der Waals surface area (Å²) in [7, 11) is 0. The third-order valence-corrected chi connectivity index (χ3v) is 13.0. The van der Waals surface area contributed by atoms with E-state index in [2.05, 4.69) is 146 Å². The van der Waals surface area contributed by atoms with Gasteiger partial charge in [0.25, 0.3) is 0 Å². The quantitative estimate of drug-likeness (QED) is 0.141. The zero-order valence-electron chi connectivity index (χ0n) is 35.0. The van der Waals surface area contributed by atoms with Crippen molar-refractivity contribution in [3.8, 4) is 0 Å². The lowest BCUT2D eigenvalue weighted by Crippen LogP contribution is -1.94. The monoisotopic (exact) mass is 761 g/mol. The molecule has 296 valence electrons. The van der Waals surface area contributed by atoms with Gasteiger partial charge in [-0.15, -0.1) is 0 Å². The molecule has 0 aliphatic heterocycles. The summed E-state index contributed by atoms with van der Waals surface area (Å²) >= 11 is 0. The topological polar surface area (TPSA) is 0 Å². The van der Waals surface area contributed by atoms with Gasteiger partial charge in [-0.3, -0.25) is 0 Å². The maximum atomic E-state index is 2.44. The van der Waals surface area contributed by atoms with E-state index in [0.29, 0.717) is 0 Å². The molecule has 8 rings (SSSR count). The van der Waals surface area contributed by atoms with Crippen LogP contribution in [0.5, 0.6) is 0 Å². The van der Waals surface area contributed by atoms with Crippen molar-refractivity contribution in [2.24, 2.45) is 0 Å². The highest BCUT2D eigenvalue weighted by Crippen LogP contribution is 2.32. The van der Waals surface area contributed by atoms with Gasteiger partial charge < -0.3 is 0 Å². The van der Waals surface area contributed by atoms with Crippen molar-refractivity contribution in [2.45, 2.75) is 128 Å². The van der Waals surface area contributed by atoms with E-state index >= 15 is 0 Å². The molecule has 0 bridgehead atoms. The Kier molecular flexibility index (Phi) is 14.2. The van der Waals surface area contributed by atoms with Crippen LogP contribution in [0.1, 0.15) is 173 Å². The van der Waals surface area contributed by atoms with Gasteiger partial charge in [-0.05, 0) is 158 Å². The highest BCUT2D eigenvalue weighted by atomic mass is 14.2. The molecule has 0 spiro atoms.